The van der Waals surface area contributed by atoms with Gasteiger partial charge in [-0.05, 0) is 41.6 Å². The predicted octanol–water partition coefficient (Wildman–Crippen LogP) is 2.91. The van der Waals surface area contributed by atoms with Gasteiger partial charge in [-0.25, -0.2) is 8.42 Å². The Morgan fingerprint density at radius 3 is 2.72 bits per heavy atom. The Balaban J connectivity index is 1.55. The zero-order chi connectivity index (χ0) is 20.4. The van der Waals surface area contributed by atoms with Crippen LogP contribution in [0, 0.1) is 0 Å². The molecule has 1 amide bonds. The van der Waals surface area contributed by atoms with Crippen LogP contribution < -0.4 is 10.1 Å². The Hall–Kier alpha value is -2.65. The highest BCUT2D eigenvalue weighted by Gasteiger charge is 2.32. The fourth-order valence-electron chi connectivity index (χ4n) is 3.38. The Morgan fingerprint density at radius 2 is 2.10 bits per heavy atom. The lowest BCUT2D eigenvalue weighted by molar-refractivity contribution is 0.0945. The minimum absolute atomic E-state index is 0.0555. The average Bonchev–Trinajstić information content (AvgIpc) is 3.45. The van der Waals surface area contributed by atoms with E-state index in [2.05, 4.69) is 10.4 Å². The van der Waals surface area contributed by atoms with Crippen molar-refractivity contribution in [1.82, 2.24) is 15.1 Å². The van der Waals surface area contributed by atoms with Gasteiger partial charge in [0, 0.05) is 6.54 Å². The lowest BCUT2D eigenvalue weighted by Crippen LogP contribution is -2.24. The molecule has 1 aromatic carbocycles. The Morgan fingerprint density at radius 1 is 1.31 bits per heavy atom. The van der Waals surface area contributed by atoms with Gasteiger partial charge in [0.15, 0.2) is 15.5 Å². The Bertz CT molecular complexity index is 1100. The van der Waals surface area contributed by atoms with Gasteiger partial charge >= 0.3 is 0 Å². The van der Waals surface area contributed by atoms with Gasteiger partial charge in [-0.1, -0.05) is 18.2 Å². The first-order valence-electron chi connectivity index (χ1n) is 9.20. The van der Waals surface area contributed by atoms with Crippen LogP contribution in [0.25, 0.3) is 10.6 Å². The summed E-state index contributed by atoms with van der Waals surface area (Å²) in [6.45, 7) is 0.363. The summed E-state index contributed by atoms with van der Waals surface area (Å²) in [4.78, 5) is 13.6. The van der Waals surface area contributed by atoms with Crippen molar-refractivity contribution >= 4 is 27.1 Å². The maximum absolute atomic E-state index is 12.7. The molecule has 2 aromatic heterocycles. The summed E-state index contributed by atoms with van der Waals surface area (Å²) >= 11 is 1.53. The molecule has 4 rings (SSSR count). The highest BCUT2D eigenvalue weighted by Crippen LogP contribution is 2.32. The van der Waals surface area contributed by atoms with Crippen molar-refractivity contribution in [3.8, 4) is 16.3 Å². The van der Waals surface area contributed by atoms with Gasteiger partial charge in [0.2, 0.25) is 0 Å². The third kappa shape index (κ3) is 4.35. The zero-order valence-corrected chi connectivity index (χ0v) is 17.5. The largest absolute Gasteiger partial charge is 0.497 e. The van der Waals surface area contributed by atoms with Gasteiger partial charge in [-0.15, -0.1) is 11.3 Å². The van der Waals surface area contributed by atoms with Crippen molar-refractivity contribution in [2.24, 2.45) is 0 Å². The van der Waals surface area contributed by atoms with Crippen LogP contribution in [0.4, 0.5) is 0 Å². The van der Waals surface area contributed by atoms with Crippen molar-refractivity contribution in [2.75, 3.05) is 18.6 Å². The molecule has 1 unspecified atom stereocenters. The smallest absolute Gasteiger partial charge is 0.272 e. The monoisotopic (exact) mass is 431 g/mol. The number of methoxy groups -OCH3 is 1. The molecule has 1 atom stereocenters. The maximum atomic E-state index is 12.7. The number of thiophene rings is 1. The number of hydrogen-bond donors (Lipinski definition) is 1. The molecule has 1 N–H and O–H groups in total. The molecule has 7 nitrogen and oxygen atoms in total. The first-order chi connectivity index (χ1) is 13.9. The molecule has 9 heteroatoms. The number of ether oxygens (including phenoxy) is 1. The number of carbonyl (C=O) groups is 1. The van der Waals surface area contributed by atoms with Crippen molar-refractivity contribution in [2.45, 2.75) is 19.0 Å². The maximum Gasteiger partial charge on any atom is 0.272 e. The second-order valence-corrected chi connectivity index (χ2v) is 10.1. The number of carbonyl (C=O) groups excluding carboxylic acids is 1. The van der Waals surface area contributed by atoms with E-state index in [4.69, 9.17) is 4.74 Å². The zero-order valence-electron chi connectivity index (χ0n) is 15.9. The number of amides is 1. The first-order valence-corrected chi connectivity index (χ1v) is 11.9. The van der Waals surface area contributed by atoms with Crippen LogP contribution in [0.5, 0.6) is 5.75 Å². The number of aromatic nitrogens is 2. The van der Waals surface area contributed by atoms with E-state index in [9.17, 15) is 13.2 Å². The molecule has 1 fully saturated rings. The van der Waals surface area contributed by atoms with E-state index in [1.165, 1.54) is 11.3 Å². The van der Waals surface area contributed by atoms with Gasteiger partial charge in [0.1, 0.15) is 5.75 Å². The summed E-state index contributed by atoms with van der Waals surface area (Å²) in [7, 11) is -1.46. The van der Waals surface area contributed by atoms with Crippen molar-refractivity contribution in [1.29, 1.82) is 0 Å². The minimum Gasteiger partial charge on any atom is -0.497 e. The standard InChI is InChI=1S/C20H21N3O4S2/c1-27-16-6-4-14(5-7-16)12-21-20(24)17-11-18(19-3-2-9-28-19)23(22-17)15-8-10-29(25,26)13-15/h2-7,9,11,15H,8,10,12-13H2,1H3,(H,21,24). The molecule has 0 radical (unpaired) electrons. The molecule has 3 heterocycles. The number of rotatable bonds is 6. The van der Waals surface area contributed by atoms with Gasteiger partial charge in [-0.3, -0.25) is 9.48 Å². The normalized spacial score (nSPS) is 17.9. The lowest BCUT2D eigenvalue weighted by Gasteiger charge is -2.12. The molecule has 3 aromatic rings. The van der Waals surface area contributed by atoms with E-state index in [0.29, 0.717) is 13.0 Å². The SMILES string of the molecule is COc1ccc(CNC(=O)c2cc(-c3cccs3)n(C3CCS(=O)(=O)C3)n2)cc1. The third-order valence-corrected chi connectivity index (χ3v) is 7.55. The van der Waals surface area contributed by atoms with Crippen LogP contribution in [0.3, 0.4) is 0 Å². The van der Waals surface area contributed by atoms with E-state index in [0.717, 1.165) is 21.9 Å². The Labute approximate surface area is 173 Å². The van der Waals surface area contributed by atoms with Gasteiger partial charge < -0.3 is 10.1 Å². The highest BCUT2D eigenvalue weighted by atomic mass is 32.2. The second kappa shape index (κ2) is 8.00. The van der Waals surface area contributed by atoms with Crippen molar-refractivity contribution in [3.05, 3.63) is 59.1 Å². The topological polar surface area (TPSA) is 90.3 Å². The molecule has 0 bridgehead atoms. The molecule has 29 heavy (non-hydrogen) atoms. The third-order valence-electron chi connectivity index (χ3n) is 4.91. The van der Waals surface area contributed by atoms with Gasteiger partial charge in [0.25, 0.3) is 5.91 Å². The molecule has 1 aliphatic heterocycles. The van der Waals surface area contributed by atoms with Crippen LogP contribution in [-0.2, 0) is 16.4 Å². The Kier molecular flexibility index (Phi) is 5.42. The summed E-state index contributed by atoms with van der Waals surface area (Å²) in [5.41, 5.74) is 2.00. The van der Waals surface area contributed by atoms with E-state index in [1.807, 2.05) is 41.8 Å². The van der Waals surface area contributed by atoms with Gasteiger partial charge in [0.05, 0.1) is 35.2 Å². The van der Waals surface area contributed by atoms with Crippen LogP contribution in [0.1, 0.15) is 28.5 Å². The summed E-state index contributed by atoms with van der Waals surface area (Å²) < 4.78 is 30.7. The number of hydrogen-bond acceptors (Lipinski definition) is 6. The molecule has 0 saturated carbocycles. The first kappa shape index (κ1) is 19.7. The van der Waals surface area contributed by atoms with E-state index < -0.39 is 9.84 Å². The van der Waals surface area contributed by atoms with Crippen LogP contribution in [0.2, 0.25) is 0 Å². The van der Waals surface area contributed by atoms with Crippen molar-refractivity contribution in [3.63, 3.8) is 0 Å². The summed E-state index contributed by atoms with van der Waals surface area (Å²) in [6.07, 6.45) is 0.509. The molecular weight excluding hydrogens is 410 g/mol. The lowest BCUT2D eigenvalue weighted by atomic mass is 10.2. The molecular formula is C20H21N3O4S2. The number of nitrogens with zero attached hydrogens (tertiary/aromatic N) is 2. The van der Waals surface area contributed by atoms with E-state index >= 15 is 0 Å². The van der Waals surface area contributed by atoms with Crippen LogP contribution >= 0.6 is 11.3 Å². The number of nitrogens with one attached hydrogen (secondary N) is 1. The van der Waals surface area contributed by atoms with Crippen LogP contribution in [0.15, 0.2) is 47.8 Å². The summed E-state index contributed by atoms with van der Waals surface area (Å²) in [6, 6.07) is 12.8. The molecule has 152 valence electrons. The minimum atomic E-state index is -3.06. The molecule has 1 aliphatic rings. The van der Waals surface area contributed by atoms with Crippen LogP contribution in [-0.4, -0.2) is 42.7 Å². The van der Waals surface area contributed by atoms with Gasteiger partial charge in [-0.2, -0.15) is 5.10 Å². The predicted molar refractivity (Wildman–Crippen MR) is 112 cm³/mol. The van der Waals surface area contributed by atoms with E-state index in [-0.39, 0.29) is 29.1 Å². The molecule has 0 aliphatic carbocycles. The summed E-state index contributed by atoms with van der Waals surface area (Å²) in [5.74, 6) is 0.671. The summed E-state index contributed by atoms with van der Waals surface area (Å²) in [5, 5.41) is 9.30. The van der Waals surface area contributed by atoms with Crippen molar-refractivity contribution < 1.29 is 17.9 Å². The second-order valence-electron chi connectivity index (χ2n) is 6.92. The number of sulfone groups is 1. The number of benzene rings is 1. The highest BCUT2D eigenvalue weighted by molar-refractivity contribution is 7.91. The van der Waals surface area contributed by atoms with E-state index in [1.54, 1.807) is 17.9 Å². The fraction of sp³-hybridized carbons (Fsp3) is 0.300. The quantitative estimate of drug-likeness (QED) is 0.648. The fourth-order valence-corrected chi connectivity index (χ4v) is 5.80. The molecule has 0 spiro atoms. The molecule has 1 saturated heterocycles. The average molecular weight is 432 g/mol.